The number of hydrogen-bond donors (Lipinski definition) is 1. The number of rotatable bonds is 6. The molecule has 0 saturated carbocycles. The topological polar surface area (TPSA) is 73.2 Å². The molecule has 2 unspecified atom stereocenters. The molecule has 0 aromatic carbocycles. The van der Waals surface area contributed by atoms with E-state index in [2.05, 4.69) is 23.7 Å². The smallest absolute Gasteiger partial charge is 0.214 e. The van der Waals surface area contributed by atoms with Crippen molar-refractivity contribution >= 4 is 10.0 Å². The molecule has 1 aliphatic carbocycles. The van der Waals surface area contributed by atoms with Crippen molar-refractivity contribution in [3.63, 3.8) is 0 Å². The summed E-state index contributed by atoms with van der Waals surface area (Å²) in [5, 5.41) is 4.41. The highest BCUT2D eigenvalue weighted by Gasteiger charge is 2.29. The minimum Gasteiger partial charge on any atom is -0.381 e. The number of fused-ring (bicyclic) bond motifs is 1. The van der Waals surface area contributed by atoms with Crippen LogP contribution in [-0.4, -0.2) is 37.2 Å². The van der Waals surface area contributed by atoms with Crippen LogP contribution in [0.3, 0.4) is 0 Å². The average Bonchev–Trinajstić information content (AvgIpc) is 2.82. The van der Waals surface area contributed by atoms with Gasteiger partial charge in [-0.15, -0.1) is 0 Å². The zero-order valence-electron chi connectivity index (χ0n) is 13.2. The fraction of sp³-hybridized carbons (Fsp3) is 0.786. The fourth-order valence-electron chi connectivity index (χ4n) is 2.78. The zero-order valence-corrected chi connectivity index (χ0v) is 14.0. The van der Waals surface area contributed by atoms with Crippen LogP contribution in [-0.2, 0) is 21.2 Å². The van der Waals surface area contributed by atoms with E-state index in [1.165, 1.54) is 7.11 Å². The first-order valence-electron chi connectivity index (χ1n) is 7.43. The number of hydrogen-bond acceptors (Lipinski definition) is 4. The van der Waals surface area contributed by atoms with Gasteiger partial charge in [-0.25, -0.2) is 13.1 Å². The van der Waals surface area contributed by atoms with Crippen molar-refractivity contribution in [1.29, 1.82) is 0 Å². The summed E-state index contributed by atoms with van der Waals surface area (Å²) in [5.41, 5.74) is 2.17. The van der Waals surface area contributed by atoms with Crippen molar-refractivity contribution in [3.05, 3.63) is 17.5 Å². The van der Waals surface area contributed by atoms with Crippen LogP contribution in [0.1, 0.15) is 57.0 Å². The fourth-order valence-corrected chi connectivity index (χ4v) is 4.30. The summed E-state index contributed by atoms with van der Waals surface area (Å²) in [4.78, 5) is 0. The van der Waals surface area contributed by atoms with Crippen LogP contribution in [0.2, 0.25) is 0 Å². The molecular formula is C14H25N3O3S. The third-order valence-electron chi connectivity index (χ3n) is 3.85. The lowest BCUT2D eigenvalue weighted by Gasteiger charge is -2.26. The first kappa shape index (κ1) is 16.5. The van der Waals surface area contributed by atoms with Crippen LogP contribution in [0.25, 0.3) is 0 Å². The SMILES string of the molecule is COC(C)CS(=O)(=O)NC1CCCc2cnn(C(C)C)c21. The molecule has 1 aliphatic rings. The van der Waals surface area contributed by atoms with Gasteiger partial charge in [0.05, 0.1) is 29.8 Å². The summed E-state index contributed by atoms with van der Waals surface area (Å²) in [6.45, 7) is 5.87. The van der Waals surface area contributed by atoms with Gasteiger partial charge in [0.25, 0.3) is 0 Å². The van der Waals surface area contributed by atoms with Gasteiger partial charge in [0.15, 0.2) is 0 Å². The van der Waals surface area contributed by atoms with Gasteiger partial charge in [-0.05, 0) is 45.6 Å². The molecule has 0 aliphatic heterocycles. The minimum atomic E-state index is -3.37. The van der Waals surface area contributed by atoms with E-state index in [4.69, 9.17) is 4.74 Å². The monoisotopic (exact) mass is 315 g/mol. The second kappa shape index (κ2) is 6.46. The molecule has 0 amide bonds. The largest absolute Gasteiger partial charge is 0.381 e. The van der Waals surface area contributed by atoms with E-state index in [1.807, 2.05) is 10.9 Å². The lowest BCUT2D eigenvalue weighted by Crippen LogP contribution is -2.37. The summed E-state index contributed by atoms with van der Waals surface area (Å²) >= 11 is 0. The number of methoxy groups -OCH3 is 1. The second-order valence-electron chi connectivity index (χ2n) is 5.98. The Morgan fingerprint density at radius 2 is 2.19 bits per heavy atom. The van der Waals surface area contributed by atoms with Crippen molar-refractivity contribution < 1.29 is 13.2 Å². The maximum atomic E-state index is 12.3. The Kier molecular flexibility index (Phi) is 5.06. The first-order valence-corrected chi connectivity index (χ1v) is 9.08. The number of sulfonamides is 1. The minimum absolute atomic E-state index is 0.0227. The molecule has 120 valence electrons. The summed E-state index contributed by atoms with van der Waals surface area (Å²) in [7, 11) is -1.85. The third kappa shape index (κ3) is 3.84. The molecular weight excluding hydrogens is 290 g/mol. The highest BCUT2D eigenvalue weighted by atomic mass is 32.2. The van der Waals surface area contributed by atoms with E-state index in [0.29, 0.717) is 0 Å². The standard InChI is InChI=1S/C14H25N3O3S/c1-10(2)17-14-12(8-15-17)6-5-7-13(14)16-21(18,19)9-11(3)20-4/h8,10-11,13,16H,5-7,9H2,1-4H3. The number of aromatic nitrogens is 2. The van der Waals surface area contributed by atoms with Gasteiger partial charge in [0, 0.05) is 13.2 Å². The molecule has 2 rings (SSSR count). The number of nitrogens with one attached hydrogen (secondary N) is 1. The van der Waals surface area contributed by atoms with Crippen molar-refractivity contribution in [2.75, 3.05) is 12.9 Å². The van der Waals surface area contributed by atoms with Crippen LogP contribution in [0.15, 0.2) is 6.20 Å². The molecule has 0 spiro atoms. The number of nitrogens with zero attached hydrogens (tertiary/aromatic N) is 2. The van der Waals surface area contributed by atoms with Crippen LogP contribution in [0, 0.1) is 0 Å². The molecule has 2 atom stereocenters. The quantitative estimate of drug-likeness (QED) is 0.868. The Morgan fingerprint density at radius 3 is 2.81 bits per heavy atom. The van der Waals surface area contributed by atoms with Crippen LogP contribution >= 0.6 is 0 Å². The first-order chi connectivity index (χ1) is 9.84. The molecule has 1 aromatic heterocycles. The van der Waals surface area contributed by atoms with Crippen LogP contribution in [0.4, 0.5) is 0 Å². The molecule has 6 nitrogen and oxygen atoms in total. The molecule has 7 heteroatoms. The Balaban J connectivity index is 2.22. The molecule has 1 aromatic rings. The summed E-state index contributed by atoms with van der Waals surface area (Å²) in [6, 6.07) is 0.0319. The normalized spacial score (nSPS) is 20.5. The third-order valence-corrected chi connectivity index (χ3v) is 5.40. The van der Waals surface area contributed by atoms with E-state index < -0.39 is 10.0 Å². The zero-order chi connectivity index (χ0) is 15.6. The van der Waals surface area contributed by atoms with Crippen molar-refractivity contribution in [1.82, 2.24) is 14.5 Å². The maximum Gasteiger partial charge on any atom is 0.214 e. The number of ether oxygens (including phenoxy) is 1. The maximum absolute atomic E-state index is 12.3. The second-order valence-corrected chi connectivity index (χ2v) is 7.78. The Hall–Kier alpha value is -0.920. The van der Waals surface area contributed by atoms with Crippen LogP contribution < -0.4 is 4.72 Å². The van der Waals surface area contributed by atoms with Gasteiger partial charge in [-0.1, -0.05) is 0 Å². The molecule has 1 heterocycles. The molecule has 0 bridgehead atoms. The van der Waals surface area contributed by atoms with Crippen molar-refractivity contribution in [3.8, 4) is 0 Å². The van der Waals surface area contributed by atoms with Gasteiger partial charge in [0.2, 0.25) is 10.0 Å². The van der Waals surface area contributed by atoms with Gasteiger partial charge >= 0.3 is 0 Å². The van der Waals surface area contributed by atoms with Gasteiger partial charge in [-0.3, -0.25) is 4.68 Å². The summed E-state index contributed by atoms with van der Waals surface area (Å²) in [5.74, 6) is -0.0227. The van der Waals surface area contributed by atoms with E-state index in [0.717, 1.165) is 30.5 Å². The average molecular weight is 315 g/mol. The molecule has 0 fully saturated rings. The van der Waals surface area contributed by atoms with Crippen molar-refractivity contribution in [2.24, 2.45) is 0 Å². The lowest BCUT2D eigenvalue weighted by molar-refractivity contribution is 0.136. The summed E-state index contributed by atoms with van der Waals surface area (Å²) < 4.78 is 34.3. The van der Waals surface area contributed by atoms with Gasteiger partial charge in [-0.2, -0.15) is 5.10 Å². The van der Waals surface area contributed by atoms with E-state index in [1.54, 1.807) is 6.92 Å². The number of aryl methyl sites for hydroxylation is 1. The van der Waals surface area contributed by atoms with Crippen molar-refractivity contribution in [2.45, 2.75) is 58.2 Å². The Bertz CT molecular complexity index is 580. The predicted octanol–water partition coefficient (Wildman–Crippen LogP) is 1.80. The molecule has 0 saturated heterocycles. The molecule has 1 N–H and O–H groups in total. The molecule has 0 radical (unpaired) electrons. The predicted molar refractivity (Wildman–Crippen MR) is 81.7 cm³/mol. The highest BCUT2D eigenvalue weighted by Crippen LogP contribution is 2.31. The van der Waals surface area contributed by atoms with E-state index in [-0.39, 0.29) is 23.9 Å². The van der Waals surface area contributed by atoms with Gasteiger partial charge < -0.3 is 4.74 Å². The van der Waals surface area contributed by atoms with Crippen LogP contribution in [0.5, 0.6) is 0 Å². The molecule has 21 heavy (non-hydrogen) atoms. The van der Waals surface area contributed by atoms with E-state index >= 15 is 0 Å². The Morgan fingerprint density at radius 1 is 1.48 bits per heavy atom. The van der Waals surface area contributed by atoms with E-state index in [9.17, 15) is 8.42 Å². The van der Waals surface area contributed by atoms with Gasteiger partial charge in [0.1, 0.15) is 0 Å². The lowest BCUT2D eigenvalue weighted by atomic mass is 9.94. The highest BCUT2D eigenvalue weighted by molar-refractivity contribution is 7.89. The summed E-state index contributed by atoms with van der Waals surface area (Å²) in [6.07, 6.45) is 4.30. The Labute approximate surface area is 126 Å².